The summed E-state index contributed by atoms with van der Waals surface area (Å²) in [5, 5.41) is 1.18. The van der Waals surface area contributed by atoms with E-state index in [1.54, 1.807) is 16.9 Å². The highest BCUT2D eigenvalue weighted by Gasteiger charge is 2.32. The van der Waals surface area contributed by atoms with Gasteiger partial charge in [0.25, 0.3) is 0 Å². The Bertz CT molecular complexity index is 1100. The van der Waals surface area contributed by atoms with Crippen molar-refractivity contribution in [3.05, 3.63) is 65.4 Å². The van der Waals surface area contributed by atoms with Crippen molar-refractivity contribution in [2.75, 3.05) is 20.7 Å². The minimum absolute atomic E-state index is 0.0792. The molecule has 3 aromatic rings. The van der Waals surface area contributed by atoms with Crippen LogP contribution >= 0.6 is 0 Å². The SMILES string of the molecule is COc1ccccc1CN1CC(C(=O)N(C)Cc2[nH]c3ccccc3c2C)CCC1=O. The second-order valence-electron chi connectivity index (χ2n) is 8.29. The van der Waals surface area contributed by atoms with Crippen LogP contribution in [0.25, 0.3) is 10.9 Å². The first-order valence-electron chi connectivity index (χ1n) is 10.7. The first-order chi connectivity index (χ1) is 15.0. The number of likely N-dealkylation sites (tertiary alicyclic amines) is 1. The fraction of sp³-hybridized carbons (Fsp3) is 0.360. The number of benzene rings is 2. The molecule has 0 spiro atoms. The lowest BCUT2D eigenvalue weighted by molar-refractivity contribution is -0.143. The molecule has 2 aromatic carbocycles. The molecule has 0 aliphatic carbocycles. The Morgan fingerprint density at radius 2 is 1.94 bits per heavy atom. The van der Waals surface area contributed by atoms with Gasteiger partial charge in [-0.15, -0.1) is 0 Å². The molecule has 6 nitrogen and oxygen atoms in total. The molecular weight excluding hydrogens is 390 g/mol. The average Bonchev–Trinajstić information content (AvgIpc) is 3.10. The second-order valence-corrected chi connectivity index (χ2v) is 8.29. The van der Waals surface area contributed by atoms with Crippen molar-refractivity contribution in [1.29, 1.82) is 0 Å². The number of nitrogens with one attached hydrogen (secondary N) is 1. The van der Waals surface area contributed by atoms with Crippen molar-refractivity contribution < 1.29 is 14.3 Å². The number of H-pyrrole nitrogens is 1. The summed E-state index contributed by atoms with van der Waals surface area (Å²) < 4.78 is 5.42. The summed E-state index contributed by atoms with van der Waals surface area (Å²) in [6, 6.07) is 15.9. The third-order valence-electron chi connectivity index (χ3n) is 6.24. The third kappa shape index (κ3) is 4.29. The molecule has 1 saturated heterocycles. The number of ether oxygens (including phenoxy) is 1. The molecule has 31 heavy (non-hydrogen) atoms. The quantitative estimate of drug-likeness (QED) is 0.659. The fourth-order valence-corrected chi connectivity index (χ4v) is 4.43. The van der Waals surface area contributed by atoms with Crippen LogP contribution in [0.2, 0.25) is 0 Å². The van der Waals surface area contributed by atoms with Gasteiger partial charge in [-0.05, 0) is 31.0 Å². The molecular formula is C25H29N3O3. The smallest absolute Gasteiger partial charge is 0.227 e. The summed E-state index contributed by atoms with van der Waals surface area (Å²) in [5.74, 6) is 0.733. The van der Waals surface area contributed by atoms with E-state index in [9.17, 15) is 9.59 Å². The van der Waals surface area contributed by atoms with Gasteiger partial charge in [-0.25, -0.2) is 0 Å². The van der Waals surface area contributed by atoms with Crippen molar-refractivity contribution in [2.24, 2.45) is 5.92 Å². The molecule has 1 unspecified atom stereocenters. The molecule has 2 heterocycles. The van der Waals surface area contributed by atoms with Crippen LogP contribution in [0.15, 0.2) is 48.5 Å². The number of hydrogen-bond acceptors (Lipinski definition) is 3. The van der Waals surface area contributed by atoms with E-state index >= 15 is 0 Å². The van der Waals surface area contributed by atoms with Gasteiger partial charge in [0.15, 0.2) is 0 Å². The maximum Gasteiger partial charge on any atom is 0.227 e. The monoisotopic (exact) mass is 419 g/mol. The number of nitrogens with zero attached hydrogens (tertiary/aromatic N) is 2. The first kappa shape index (κ1) is 21.0. The predicted molar refractivity (Wildman–Crippen MR) is 121 cm³/mol. The number of methoxy groups -OCH3 is 1. The van der Waals surface area contributed by atoms with Crippen molar-refractivity contribution in [2.45, 2.75) is 32.9 Å². The van der Waals surface area contributed by atoms with E-state index < -0.39 is 0 Å². The van der Waals surface area contributed by atoms with Gasteiger partial charge >= 0.3 is 0 Å². The fourth-order valence-electron chi connectivity index (χ4n) is 4.43. The Kier molecular flexibility index (Phi) is 5.98. The maximum absolute atomic E-state index is 13.2. The summed E-state index contributed by atoms with van der Waals surface area (Å²) in [6.45, 7) is 3.50. The largest absolute Gasteiger partial charge is 0.496 e. The average molecular weight is 420 g/mol. The van der Waals surface area contributed by atoms with Crippen molar-refractivity contribution in [3.8, 4) is 5.75 Å². The van der Waals surface area contributed by atoms with Crippen LogP contribution < -0.4 is 4.74 Å². The number of fused-ring (bicyclic) bond motifs is 1. The highest BCUT2D eigenvalue weighted by Crippen LogP contribution is 2.26. The first-order valence-corrected chi connectivity index (χ1v) is 10.7. The zero-order valence-corrected chi connectivity index (χ0v) is 18.4. The van der Waals surface area contributed by atoms with Crippen LogP contribution in [-0.4, -0.2) is 47.3 Å². The molecule has 162 valence electrons. The standard InChI is InChI=1S/C25H29N3O3/c1-17-20-9-5-6-10-21(20)26-22(17)16-27(2)25(30)19-12-13-24(29)28(15-19)14-18-8-4-7-11-23(18)31-3/h4-11,19,26H,12-16H2,1-3H3. The summed E-state index contributed by atoms with van der Waals surface area (Å²) >= 11 is 0. The Hall–Kier alpha value is -3.28. The van der Waals surface area contributed by atoms with Gasteiger partial charge < -0.3 is 19.5 Å². The normalized spacial score (nSPS) is 16.5. The zero-order valence-electron chi connectivity index (χ0n) is 18.4. The second kappa shape index (κ2) is 8.84. The van der Waals surface area contributed by atoms with Gasteiger partial charge in [0.2, 0.25) is 11.8 Å². The van der Waals surface area contributed by atoms with Gasteiger partial charge in [-0.3, -0.25) is 9.59 Å². The molecule has 4 rings (SSSR count). The predicted octanol–water partition coefficient (Wildman–Crippen LogP) is 3.88. The lowest BCUT2D eigenvalue weighted by Crippen LogP contribution is -2.45. The van der Waals surface area contributed by atoms with E-state index in [-0.39, 0.29) is 17.7 Å². The lowest BCUT2D eigenvalue weighted by Gasteiger charge is -2.34. The van der Waals surface area contributed by atoms with Crippen molar-refractivity contribution >= 4 is 22.7 Å². The highest BCUT2D eigenvalue weighted by atomic mass is 16.5. The number of aromatic nitrogens is 1. The number of amides is 2. The lowest BCUT2D eigenvalue weighted by atomic mass is 9.95. The van der Waals surface area contributed by atoms with E-state index in [4.69, 9.17) is 4.74 Å². The van der Waals surface area contributed by atoms with E-state index in [1.165, 1.54) is 10.9 Å². The van der Waals surface area contributed by atoms with Crippen LogP contribution in [0.5, 0.6) is 5.75 Å². The molecule has 0 radical (unpaired) electrons. The third-order valence-corrected chi connectivity index (χ3v) is 6.24. The number of carbonyl (C=O) groups excluding carboxylic acids is 2. The zero-order chi connectivity index (χ0) is 22.0. The van der Waals surface area contributed by atoms with E-state index in [0.29, 0.717) is 32.5 Å². The Morgan fingerprint density at radius 1 is 1.19 bits per heavy atom. The molecule has 1 aliphatic heterocycles. The Morgan fingerprint density at radius 3 is 2.71 bits per heavy atom. The summed E-state index contributed by atoms with van der Waals surface area (Å²) in [7, 11) is 3.47. The van der Waals surface area contributed by atoms with Gasteiger partial charge in [-0.2, -0.15) is 0 Å². The molecule has 0 saturated carbocycles. The van der Waals surface area contributed by atoms with Gasteiger partial charge in [0.05, 0.1) is 19.6 Å². The molecule has 2 amide bonds. The Balaban J connectivity index is 1.45. The van der Waals surface area contributed by atoms with Gasteiger partial charge in [0, 0.05) is 48.7 Å². The summed E-state index contributed by atoms with van der Waals surface area (Å²) in [6.07, 6.45) is 0.987. The van der Waals surface area contributed by atoms with Crippen LogP contribution in [0, 0.1) is 12.8 Å². The molecule has 1 aliphatic rings. The molecule has 1 atom stereocenters. The highest BCUT2D eigenvalue weighted by molar-refractivity contribution is 5.85. The number of hydrogen-bond donors (Lipinski definition) is 1. The summed E-state index contributed by atoms with van der Waals surface area (Å²) in [4.78, 5) is 32.7. The molecule has 0 bridgehead atoms. The number of rotatable bonds is 6. The molecule has 1 aromatic heterocycles. The minimum Gasteiger partial charge on any atom is -0.496 e. The molecule has 1 N–H and O–H groups in total. The van der Waals surface area contributed by atoms with Crippen LogP contribution in [0.3, 0.4) is 0 Å². The minimum atomic E-state index is -0.193. The van der Waals surface area contributed by atoms with Crippen LogP contribution in [0.1, 0.15) is 29.7 Å². The molecule has 1 fully saturated rings. The number of aryl methyl sites for hydroxylation is 1. The maximum atomic E-state index is 13.2. The summed E-state index contributed by atoms with van der Waals surface area (Å²) in [5.41, 5.74) is 4.26. The number of carbonyl (C=O) groups is 2. The van der Waals surface area contributed by atoms with Crippen LogP contribution in [0.4, 0.5) is 0 Å². The number of piperidine rings is 1. The molecule has 6 heteroatoms. The number of aromatic amines is 1. The van der Waals surface area contributed by atoms with Crippen molar-refractivity contribution in [3.63, 3.8) is 0 Å². The van der Waals surface area contributed by atoms with E-state index in [0.717, 1.165) is 22.5 Å². The Labute approximate surface area is 182 Å². The van der Waals surface area contributed by atoms with E-state index in [2.05, 4.69) is 24.0 Å². The van der Waals surface area contributed by atoms with Gasteiger partial charge in [-0.1, -0.05) is 36.4 Å². The number of para-hydroxylation sites is 2. The topological polar surface area (TPSA) is 65.6 Å². The van der Waals surface area contributed by atoms with E-state index in [1.807, 2.05) is 43.4 Å². The van der Waals surface area contributed by atoms with Crippen molar-refractivity contribution in [1.82, 2.24) is 14.8 Å². The van der Waals surface area contributed by atoms with Gasteiger partial charge in [0.1, 0.15) is 5.75 Å². The van der Waals surface area contributed by atoms with Crippen LogP contribution in [-0.2, 0) is 22.7 Å².